The SMILES string of the molecule is C[C@@H](NCC(C)(O)C(=O)O)c1ccccc1Cl. The highest BCUT2D eigenvalue weighted by Gasteiger charge is 2.30. The largest absolute Gasteiger partial charge is 0.479 e. The van der Waals surface area contributed by atoms with Crippen LogP contribution in [-0.2, 0) is 4.79 Å². The first-order valence-electron chi connectivity index (χ1n) is 5.28. The number of benzene rings is 1. The quantitative estimate of drug-likeness (QED) is 0.753. The van der Waals surface area contributed by atoms with Crippen LogP contribution in [-0.4, -0.2) is 28.3 Å². The minimum Gasteiger partial charge on any atom is -0.479 e. The molecule has 0 saturated carbocycles. The number of hydrogen-bond acceptors (Lipinski definition) is 3. The second-order valence-corrected chi connectivity index (χ2v) is 4.61. The summed E-state index contributed by atoms with van der Waals surface area (Å²) in [6.07, 6.45) is 0. The number of aliphatic hydroxyl groups is 1. The average molecular weight is 258 g/mol. The number of hydrogen-bond donors (Lipinski definition) is 3. The third-order valence-corrected chi connectivity index (χ3v) is 2.93. The van der Waals surface area contributed by atoms with Crippen molar-refractivity contribution in [3.8, 4) is 0 Å². The second-order valence-electron chi connectivity index (χ2n) is 4.20. The summed E-state index contributed by atoms with van der Waals surface area (Å²) in [5.74, 6) is -1.25. The molecule has 1 unspecified atom stereocenters. The van der Waals surface area contributed by atoms with Gasteiger partial charge in [-0.2, -0.15) is 0 Å². The van der Waals surface area contributed by atoms with Crippen LogP contribution in [0.5, 0.6) is 0 Å². The van der Waals surface area contributed by atoms with Gasteiger partial charge in [0, 0.05) is 17.6 Å². The smallest absolute Gasteiger partial charge is 0.336 e. The normalized spacial score (nSPS) is 16.2. The summed E-state index contributed by atoms with van der Waals surface area (Å²) in [5, 5.41) is 21.9. The van der Waals surface area contributed by atoms with Gasteiger partial charge in [-0.3, -0.25) is 0 Å². The maximum Gasteiger partial charge on any atom is 0.336 e. The lowest BCUT2D eigenvalue weighted by molar-refractivity contribution is -0.156. The average Bonchev–Trinajstić information content (AvgIpc) is 2.26. The third kappa shape index (κ3) is 3.70. The van der Waals surface area contributed by atoms with Gasteiger partial charge in [-0.05, 0) is 25.5 Å². The zero-order valence-electron chi connectivity index (χ0n) is 9.77. The van der Waals surface area contributed by atoms with Crippen molar-refractivity contribution in [3.05, 3.63) is 34.9 Å². The molecule has 3 N–H and O–H groups in total. The molecule has 0 fully saturated rings. The Labute approximate surface area is 105 Å². The van der Waals surface area contributed by atoms with Crippen molar-refractivity contribution < 1.29 is 15.0 Å². The summed E-state index contributed by atoms with van der Waals surface area (Å²) in [6.45, 7) is 3.07. The summed E-state index contributed by atoms with van der Waals surface area (Å²) in [5.41, 5.74) is -0.912. The highest BCUT2D eigenvalue weighted by molar-refractivity contribution is 6.31. The molecule has 0 aliphatic carbocycles. The fourth-order valence-corrected chi connectivity index (χ4v) is 1.66. The van der Waals surface area contributed by atoms with Crippen LogP contribution in [0.3, 0.4) is 0 Å². The fourth-order valence-electron chi connectivity index (χ4n) is 1.36. The summed E-state index contributed by atoms with van der Waals surface area (Å²) in [7, 11) is 0. The Kier molecular flexibility index (Phi) is 4.51. The predicted octanol–water partition coefficient (Wildman–Crippen LogP) is 1.83. The van der Waals surface area contributed by atoms with Crippen molar-refractivity contribution in [2.45, 2.75) is 25.5 Å². The van der Waals surface area contributed by atoms with E-state index in [2.05, 4.69) is 5.32 Å². The van der Waals surface area contributed by atoms with Crippen molar-refractivity contribution in [2.24, 2.45) is 0 Å². The van der Waals surface area contributed by atoms with Crippen molar-refractivity contribution in [1.29, 1.82) is 0 Å². The molecule has 0 saturated heterocycles. The van der Waals surface area contributed by atoms with E-state index in [1.165, 1.54) is 6.92 Å². The first-order chi connectivity index (χ1) is 7.84. The lowest BCUT2D eigenvalue weighted by atomic mass is 10.0. The number of aliphatic carboxylic acids is 1. The number of nitrogens with one attached hydrogen (secondary N) is 1. The molecule has 1 rings (SSSR count). The maximum atomic E-state index is 10.7. The molecular weight excluding hydrogens is 242 g/mol. The van der Waals surface area contributed by atoms with E-state index in [-0.39, 0.29) is 12.6 Å². The first kappa shape index (κ1) is 14.0. The van der Waals surface area contributed by atoms with Gasteiger partial charge in [0.25, 0.3) is 0 Å². The van der Waals surface area contributed by atoms with Crippen LogP contribution in [0.1, 0.15) is 25.5 Å². The van der Waals surface area contributed by atoms with E-state index >= 15 is 0 Å². The number of carboxylic acids is 1. The molecule has 0 amide bonds. The predicted molar refractivity (Wildman–Crippen MR) is 66.1 cm³/mol. The van der Waals surface area contributed by atoms with E-state index in [9.17, 15) is 9.90 Å². The lowest BCUT2D eigenvalue weighted by Gasteiger charge is -2.22. The molecule has 0 radical (unpaired) electrons. The van der Waals surface area contributed by atoms with Gasteiger partial charge in [0.05, 0.1) is 0 Å². The van der Waals surface area contributed by atoms with Gasteiger partial charge in [0.2, 0.25) is 0 Å². The zero-order chi connectivity index (χ0) is 13.1. The Morgan fingerprint density at radius 1 is 1.53 bits per heavy atom. The van der Waals surface area contributed by atoms with Crippen molar-refractivity contribution in [3.63, 3.8) is 0 Å². The number of carboxylic acid groups (broad SMARTS) is 1. The van der Waals surface area contributed by atoms with Crippen molar-refractivity contribution >= 4 is 17.6 Å². The Morgan fingerprint density at radius 3 is 2.65 bits per heavy atom. The lowest BCUT2D eigenvalue weighted by Crippen LogP contribution is -2.45. The maximum absolute atomic E-state index is 10.7. The standard InChI is InChI=1S/C12H16ClNO3/c1-8(9-5-3-4-6-10(9)13)14-7-12(2,17)11(15)16/h3-6,8,14,17H,7H2,1-2H3,(H,15,16)/t8-,12?/m1/s1. The van der Waals surface area contributed by atoms with Crippen LogP contribution in [0.25, 0.3) is 0 Å². The highest BCUT2D eigenvalue weighted by Crippen LogP contribution is 2.22. The van der Waals surface area contributed by atoms with Crippen LogP contribution in [0, 0.1) is 0 Å². The molecule has 0 aliphatic heterocycles. The number of carbonyl (C=O) groups is 1. The summed E-state index contributed by atoms with van der Waals surface area (Å²) in [6, 6.07) is 7.18. The van der Waals surface area contributed by atoms with E-state index in [4.69, 9.17) is 16.7 Å². The molecule has 0 aromatic heterocycles. The molecule has 4 nitrogen and oxygen atoms in total. The summed E-state index contributed by atoms with van der Waals surface area (Å²) in [4.78, 5) is 10.7. The van der Waals surface area contributed by atoms with E-state index in [0.29, 0.717) is 5.02 Å². The molecular formula is C12H16ClNO3. The van der Waals surface area contributed by atoms with Crippen LogP contribution in [0.2, 0.25) is 5.02 Å². The fraction of sp³-hybridized carbons (Fsp3) is 0.417. The van der Waals surface area contributed by atoms with Gasteiger partial charge >= 0.3 is 5.97 Å². The molecule has 5 heteroatoms. The zero-order valence-corrected chi connectivity index (χ0v) is 10.5. The molecule has 0 spiro atoms. The minimum atomic E-state index is -1.78. The topological polar surface area (TPSA) is 69.6 Å². The molecule has 2 atom stereocenters. The number of rotatable bonds is 5. The minimum absolute atomic E-state index is 0.0469. The van der Waals surface area contributed by atoms with Gasteiger partial charge in [-0.25, -0.2) is 4.79 Å². The van der Waals surface area contributed by atoms with Crippen LogP contribution in [0.4, 0.5) is 0 Å². The van der Waals surface area contributed by atoms with Gasteiger partial charge in [0.1, 0.15) is 0 Å². The Hall–Kier alpha value is -1.10. The molecule has 1 aromatic rings. The van der Waals surface area contributed by atoms with E-state index in [0.717, 1.165) is 5.56 Å². The third-order valence-electron chi connectivity index (χ3n) is 2.58. The van der Waals surface area contributed by atoms with Gasteiger partial charge in [0.15, 0.2) is 5.60 Å². The molecule has 1 aromatic carbocycles. The molecule has 94 valence electrons. The first-order valence-corrected chi connectivity index (χ1v) is 5.66. The van der Waals surface area contributed by atoms with Crippen molar-refractivity contribution in [2.75, 3.05) is 6.54 Å². The Bertz CT molecular complexity index is 406. The molecule has 0 heterocycles. The van der Waals surface area contributed by atoms with Crippen molar-refractivity contribution in [1.82, 2.24) is 5.32 Å². The highest BCUT2D eigenvalue weighted by atomic mass is 35.5. The molecule has 0 aliphatic rings. The molecule has 17 heavy (non-hydrogen) atoms. The Morgan fingerprint density at radius 2 is 2.12 bits per heavy atom. The van der Waals surface area contributed by atoms with Gasteiger partial charge < -0.3 is 15.5 Å². The van der Waals surface area contributed by atoms with Gasteiger partial charge in [-0.15, -0.1) is 0 Å². The second kappa shape index (κ2) is 5.49. The Balaban J connectivity index is 2.65. The monoisotopic (exact) mass is 257 g/mol. The van der Waals surface area contributed by atoms with Crippen LogP contribution >= 0.6 is 11.6 Å². The van der Waals surface area contributed by atoms with E-state index < -0.39 is 11.6 Å². The number of halogens is 1. The summed E-state index contributed by atoms with van der Waals surface area (Å²) >= 11 is 6.01. The van der Waals surface area contributed by atoms with Crippen LogP contribution < -0.4 is 5.32 Å². The molecule has 0 bridgehead atoms. The summed E-state index contributed by atoms with van der Waals surface area (Å²) < 4.78 is 0. The van der Waals surface area contributed by atoms with Gasteiger partial charge in [-0.1, -0.05) is 29.8 Å². The van der Waals surface area contributed by atoms with E-state index in [1.807, 2.05) is 25.1 Å². The van der Waals surface area contributed by atoms with E-state index in [1.54, 1.807) is 6.07 Å². The van der Waals surface area contributed by atoms with Crippen LogP contribution in [0.15, 0.2) is 24.3 Å².